The molecule has 0 spiro atoms. The van der Waals surface area contributed by atoms with Gasteiger partial charge >= 0.3 is 0 Å². The number of rotatable bonds is 4. The SMILES string of the molecule is C=P(C)(C)CC(C)[C@H]1O[C@@H](c2cn(C)c(=S)nc2C)[C@H](O)[C@@H]1O. The standard InChI is InChI=1S/C16H27N2O3PS/c1-9(8-22(4,5)6)14-12(19)13(20)15(21-14)11-7-18(3)16(23)17-10(11)2/h7,9,12-15,19-20H,4,8H2,1-3,5-6H3/t9?,12-,13+,14+,15-/m0/s1. The number of aryl methyl sites for hydroxylation is 2. The smallest absolute Gasteiger partial charge is 0.199 e. The maximum Gasteiger partial charge on any atom is 0.199 e. The van der Waals surface area contributed by atoms with Gasteiger partial charge in [0.2, 0.25) is 0 Å². The Morgan fingerprint density at radius 2 is 2.04 bits per heavy atom. The van der Waals surface area contributed by atoms with Crippen molar-refractivity contribution in [2.45, 2.75) is 38.3 Å². The van der Waals surface area contributed by atoms with Crippen molar-refractivity contribution in [1.82, 2.24) is 9.55 Å². The zero-order valence-corrected chi connectivity index (χ0v) is 16.1. The summed E-state index contributed by atoms with van der Waals surface area (Å²) < 4.78 is 8.26. The third-order valence-electron chi connectivity index (χ3n) is 4.27. The summed E-state index contributed by atoms with van der Waals surface area (Å²) in [7, 11) is 1.81. The van der Waals surface area contributed by atoms with E-state index >= 15 is 0 Å². The Labute approximate surface area is 143 Å². The molecule has 23 heavy (non-hydrogen) atoms. The Morgan fingerprint density at radius 3 is 2.61 bits per heavy atom. The monoisotopic (exact) mass is 358 g/mol. The van der Waals surface area contributed by atoms with Crippen molar-refractivity contribution in [3.63, 3.8) is 0 Å². The predicted octanol–water partition coefficient (Wildman–Crippen LogP) is 1.97. The van der Waals surface area contributed by atoms with Crippen LogP contribution in [0.25, 0.3) is 0 Å². The van der Waals surface area contributed by atoms with Gasteiger partial charge in [0.1, 0.15) is 18.3 Å². The molecule has 2 heterocycles. The molecule has 1 aromatic rings. The van der Waals surface area contributed by atoms with Crippen LogP contribution in [0.2, 0.25) is 0 Å². The number of nitrogens with zero attached hydrogens (tertiary/aromatic N) is 2. The zero-order valence-electron chi connectivity index (χ0n) is 14.4. The second-order valence-corrected chi connectivity index (χ2v) is 11.9. The zero-order chi connectivity index (χ0) is 17.5. The molecule has 1 fully saturated rings. The molecule has 130 valence electrons. The lowest BCUT2D eigenvalue weighted by Gasteiger charge is -2.26. The van der Waals surface area contributed by atoms with Crippen LogP contribution in [-0.4, -0.2) is 63.9 Å². The van der Waals surface area contributed by atoms with Gasteiger partial charge in [-0.3, -0.25) is 0 Å². The number of ether oxygens (including phenoxy) is 1. The molecule has 0 amide bonds. The fraction of sp³-hybridized carbons (Fsp3) is 0.688. The van der Waals surface area contributed by atoms with Crippen molar-refractivity contribution in [1.29, 1.82) is 0 Å². The summed E-state index contributed by atoms with van der Waals surface area (Å²) in [5, 5.41) is 20.9. The first-order valence-corrected chi connectivity index (χ1v) is 11.2. The molecule has 5 atom stereocenters. The van der Waals surface area contributed by atoms with Gasteiger partial charge in [0.05, 0.1) is 6.10 Å². The minimum absolute atomic E-state index is 0.130. The summed E-state index contributed by atoms with van der Waals surface area (Å²) in [6, 6.07) is 0. The quantitative estimate of drug-likeness (QED) is 0.636. The Kier molecular flexibility index (Phi) is 5.54. The van der Waals surface area contributed by atoms with E-state index in [4.69, 9.17) is 17.0 Å². The molecular weight excluding hydrogens is 331 g/mol. The highest BCUT2D eigenvalue weighted by Gasteiger charge is 2.46. The minimum atomic E-state index is -1.24. The van der Waals surface area contributed by atoms with E-state index in [1.54, 1.807) is 4.57 Å². The second kappa shape index (κ2) is 6.77. The fourth-order valence-electron chi connectivity index (χ4n) is 3.24. The summed E-state index contributed by atoms with van der Waals surface area (Å²) in [4.78, 5) is 4.31. The maximum atomic E-state index is 10.5. The molecule has 0 saturated carbocycles. The van der Waals surface area contributed by atoms with E-state index in [2.05, 4.69) is 24.6 Å². The highest BCUT2D eigenvalue weighted by molar-refractivity contribution is 7.72. The molecule has 1 saturated heterocycles. The van der Waals surface area contributed by atoms with Gasteiger partial charge in [-0.25, -0.2) is 4.98 Å². The Bertz CT molecular complexity index is 684. The molecule has 0 aliphatic carbocycles. The summed E-state index contributed by atoms with van der Waals surface area (Å²) in [5.41, 5.74) is 1.49. The third-order valence-corrected chi connectivity index (χ3v) is 6.21. The third kappa shape index (κ3) is 4.12. The van der Waals surface area contributed by atoms with Crippen LogP contribution in [0, 0.1) is 17.6 Å². The van der Waals surface area contributed by atoms with Crippen LogP contribution in [0.4, 0.5) is 0 Å². The molecule has 0 radical (unpaired) electrons. The Balaban J connectivity index is 2.28. The van der Waals surface area contributed by atoms with Gasteiger partial charge < -0.3 is 19.5 Å². The predicted molar refractivity (Wildman–Crippen MR) is 98.3 cm³/mol. The van der Waals surface area contributed by atoms with Crippen molar-refractivity contribution < 1.29 is 14.9 Å². The normalized spacial score (nSPS) is 29.7. The van der Waals surface area contributed by atoms with Crippen LogP contribution >= 0.6 is 19.1 Å². The van der Waals surface area contributed by atoms with Crippen LogP contribution in [0.3, 0.4) is 0 Å². The van der Waals surface area contributed by atoms with E-state index in [1.165, 1.54) is 0 Å². The lowest BCUT2D eigenvalue weighted by Crippen LogP contribution is -2.35. The molecule has 1 aliphatic rings. The average Bonchev–Trinajstić information content (AvgIpc) is 2.69. The molecule has 1 unspecified atom stereocenters. The first-order valence-electron chi connectivity index (χ1n) is 7.74. The molecule has 2 N–H and O–H groups in total. The van der Waals surface area contributed by atoms with Crippen LogP contribution in [0.1, 0.15) is 24.3 Å². The molecule has 0 aromatic carbocycles. The number of hydrogen-bond donors (Lipinski definition) is 2. The second-order valence-electron chi connectivity index (χ2n) is 7.27. The van der Waals surface area contributed by atoms with Crippen molar-refractivity contribution >= 4 is 25.4 Å². The van der Waals surface area contributed by atoms with Crippen LogP contribution < -0.4 is 0 Å². The molecule has 7 heteroatoms. The van der Waals surface area contributed by atoms with E-state index in [-0.39, 0.29) is 5.92 Å². The van der Waals surface area contributed by atoms with Crippen LogP contribution in [0.5, 0.6) is 0 Å². The average molecular weight is 358 g/mol. The molecular formula is C16H27N2O3PS. The highest BCUT2D eigenvalue weighted by atomic mass is 32.1. The minimum Gasteiger partial charge on any atom is -0.388 e. The first-order chi connectivity index (χ1) is 10.5. The maximum absolute atomic E-state index is 10.5. The summed E-state index contributed by atoms with van der Waals surface area (Å²) in [6.45, 7) is 6.98. The molecule has 1 aliphatic heterocycles. The van der Waals surface area contributed by atoms with Crippen LogP contribution in [-0.2, 0) is 11.8 Å². The van der Waals surface area contributed by atoms with E-state index in [0.29, 0.717) is 4.77 Å². The lowest BCUT2D eigenvalue weighted by atomic mass is 9.97. The topological polar surface area (TPSA) is 67.5 Å². The molecule has 0 bridgehead atoms. The first kappa shape index (κ1) is 18.8. The fourth-order valence-corrected chi connectivity index (χ4v) is 5.20. The van der Waals surface area contributed by atoms with Gasteiger partial charge in [0, 0.05) is 24.5 Å². The number of aliphatic hydroxyl groups is 2. The Morgan fingerprint density at radius 1 is 1.43 bits per heavy atom. The highest BCUT2D eigenvalue weighted by Crippen LogP contribution is 2.43. The lowest BCUT2D eigenvalue weighted by molar-refractivity contribution is -0.0174. The molecule has 1 aromatic heterocycles. The van der Waals surface area contributed by atoms with E-state index in [1.807, 2.05) is 27.1 Å². The number of aromatic nitrogens is 2. The van der Waals surface area contributed by atoms with Gasteiger partial charge in [-0.05, 0) is 44.6 Å². The van der Waals surface area contributed by atoms with Crippen molar-refractivity contribution in [2.24, 2.45) is 13.0 Å². The number of hydrogen-bond acceptors (Lipinski definition) is 5. The largest absolute Gasteiger partial charge is 0.388 e. The van der Waals surface area contributed by atoms with Gasteiger partial charge in [-0.15, -0.1) is 13.2 Å². The summed E-state index contributed by atoms with van der Waals surface area (Å²) >= 11 is 5.15. The Hall–Kier alpha value is -0.520. The van der Waals surface area contributed by atoms with E-state index in [9.17, 15) is 10.2 Å². The summed E-state index contributed by atoms with van der Waals surface area (Å²) in [6.07, 6.45) is 4.10. The van der Waals surface area contributed by atoms with E-state index < -0.39 is 31.3 Å². The number of aliphatic hydroxyl groups excluding tert-OH is 2. The van der Waals surface area contributed by atoms with Crippen LogP contribution in [0.15, 0.2) is 6.20 Å². The summed E-state index contributed by atoms with van der Waals surface area (Å²) in [5.74, 6) is 0.130. The van der Waals surface area contributed by atoms with Crippen molar-refractivity contribution in [3.8, 4) is 0 Å². The van der Waals surface area contributed by atoms with E-state index in [0.717, 1.165) is 17.4 Å². The van der Waals surface area contributed by atoms with Crippen molar-refractivity contribution in [3.05, 3.63) is 22.2 Å². The molecule has 5 nitrogen and oxygen atoms in total. The van der Waals surface area contributed by atoms with Gasteiger partial charge in [0.25, 0.3) is 0 Å². The molecule has 2 rings (SSSR count). The van der Waals surface area contributed by atoms with Gasteiger partial charge in [-0.2, -0.15) is 0 Å². The van der Waals surface area contributed by atoms with Gasteiger partial charge in [-0.1, -0.05) is 6.92 Å². The van der Waals surface area contributed by atoms with Gasteiger partial charge in [0.15, 0.2) is 4.77 Å². The van der Waals surface area contributed by atoms with Crippen molar-refractivity contribution in [2.75, 3.05) is 19.5 Å².